The van der Waals surface area contributed by atoms with E-state index in [0.717, 1.165) is 13.0 Å². The highest BCUT2D eigenvalue weighted by atomic mass is 16.5. The first-order valence-corrected chi connectivity index (χ1v) is 6.48. The number of methoxy groups -OCH3 is 1. The van der Waals surface area contributed by atoms with Gasteiger partial charge in [0, 0.05) is 6.61 Å². The van der Waals surface area contributed by atoms with Gasteiger partial charge < -0.3 is 13.9 Å². The van der Waals surface area contributed by atoms with Crippen molar-refractivity contribution in [3.05, 3.63) is 23.7 Å². The predicted molar refractivity (Wildman–Crippen MR) is 68.6 cm³/mol. The lowest BCUT2D eigenvalue weighted by atomic mass is 10.2. The van der Waals surface area contributed by atoms with Gasteiger partial charge in [0.25, 0.3) is 0 Å². The van der Waals surface area contributed by atoms with Gasteiger partial charge in [0.15, 0.2) is 0 Å². The van der Waals surface area contributed by atoms with Crippen LogP contribution in [0.4, 0.5) is 0 Å². The summed E-state index contributed by atoms with van der Waals surface area (Å²) >= 11 is 0. The normalized spacial score (nSPS) is 12.4. The van der Waals surface area contributed by atoms with Crippen LogP contribution < -0.4 is 0 Å². The zero-order valence-electron chi connectivity index (χ0n) is 11.4. The number of carbonyl (C=O) groups is 1. The minimum absolute atomic E-state index is 0.134. The molecule has 18 heavy (non-hydrogen) atoms. The molecule has 0 fully saturated rings. The maximum atomic E-state index is 11.2. The van der Waals surface area contributed by atoms with E-state index in [9.17, 15) is 4.79 Å². The van der Waals surface area contributed by atoms with E-state index in [-0.39, 0.29) is 11.9 Å². The van der Waals surface area contributed by atoms with Crippen LogP contribution >= 0.6 is 0 Å². The van der Waals surface area contributed by atoms with Crippen molar-refractivity contribution >= 4 is 5.97 Å². The van der Waals surface area contributed by atoms with Crippen LogP contribution in [0.2, 0.25) is 0 Å². The Hall–Kier alpha value is -1.29. The average molecular weight is 254 g/mol. The van der Waals surface area contributed by atoms with Gasteiger partial charge in [-0.05, 0) is 25.5 Å². The Balaban J connectivity index is 2.35. The smallest absolute Gasteiger partial charge is 0.373 e. The molecule has 1 aromatic heterocycles. The van der Waals surface area contributed by atoms with Crippen molar-refractivity contribution in [3.8, 4) is 0 Å². The highest BCUT2D eigenvalue weighted by Gasteiger charge is 2.15. The number of carbonyl (C=O) groups excluding carboxylic acids is 1. The van der Waals surface area contributed by atoms with Crippen LogP contribution in [0.5, 0.6) is 0 Å². The standard InChI is InChI=1S/C14H22O4/c1-4-5-6-7-10-17-11(2)12-8-9-13(18-12)14(15)16-3/h8-9,11H,4-7,10H2,1-3H3. The molecule has 4 heteroatoms. The summed E-state index contributed by atoms with van der Waals surface area (Å²) in [5, 5.41) is 0. The Morgan fingerprint density at radius 1 is 1.33 bits per heavy atom. The second kappa shape index (κ2) is 7.93. The summed E-state index contributed by atoms with van der Waals surface area (Å²) in [5.74, 6) is 0.413. The van der Waals surface area contributed by atoms with Crippen molar-refractivity contribution in [1.82, 2.24) is 0 Å². The molecular weight excluding hydrogens is 232 g/mol. The van der Waals surface area contributed by atoms with Gasteiger partial charge in [-0.1, -0.05) is 26.2 Å². The monoisotopic (exact) mass is 254 g/mol. The Morgan fingerprint density at radius 2 is 2.11 bits per heavy atom. The van der Waals surface area contributed by atoms with Gasteiger partial charge in [-0.2, -0.15) is 0 Å². The fraction of sp³-hybridized carbons (Fsp3) is 0.643. The largest absolute Gasteiger partial charge is 0.463 e. The number of ether oxygens (including phenoxy) is 2. The number of furan rings is 1. The molecule has 0 aromatic carbocycles. The molecule has 0 aliphatic heterocycles. The van der Waals surface area contributed by atoms with Crippen LogP contribution in [0.3, 0.4) is 0 Å². The molecule has 0 aliphatic rings. The van der Waals surface area contributed by atoms with Crippen molar-refractivity contribution in [1.29, 1.82) is 0 Å². The second-order valence-corrected chi connectivity index (χ2v) is 4.27. The first-order chi connectivity index (χ1) is 8.69. The van der Waals surface area contributed by atoms with Crippen LogP contribution in [0, 0.1) is 0 Å². The molecular formula is C14H22O4. The molecule has 0 spiro atoms. The molecule has 0 amide bonds. The average Bonchev–Trinajstić information content (AvgIpc) is 2.87. The van der Waals surface area contributed by atoms with Crippen LogP contribution in [0.25, 0.3) is 0 Å². The highest BCUT2D eigenvalue weighted by molar-refractivity contribution is 5.86. The van der Waals surface area contributed by atoms with Crippen molar-refractivity contribution in [2.75, 3.05) is 13.7 Å². The van der Waals surface area contributed by atoms with E-state index in [1.807, 2.05) is 6.92 Å². The molecule has 1 atom stereocenters. The van der Waals surface area contributed by atoms with E-state index < -0.39 is 5.97 Å². The molecule has 1 rings (SSSR count). The van der Waals surface area contributed by atoms with Gasteiger partial charge in [0.2, 0.25) is 5.76 Å². The summed E-state index contributed by atoms with van der Waals surface area (Å²) in [4.78, 5) is 11.2. The zero-order valence-corrected chi connectivity index (χ0v) is 11.4. The summed E-state index contributed by atoms with van der Waals surface area (Å²) in [5.41, 5.74) is 0. The lowest BCUT2D eigenvalue weighted by Gasteiger charge is -2.10. The van der Waals surface area contributed by atoms with Crippen molar-refractivity contribution in [3.63, 3.8) is 0 Å². The molecule has 0 saturated heterocycles. The summed E-state index contributed by atoms with van der Waals surface area (Å²) in [6.45, 7) is 4.82. The number of hydrogen-bond donors (Lipinski definition) is 0. The predicted octanol–water partition coefficient (Wildman–Crippen LogP) is 3.72. The Labute approximate surface area is 108 Å². The first-order valence-electron chi connectivity index (χ1n) is 6.48. The summed E-state index contributed by atoms with van der Waals surface area (Å²) in [6.07, 6.45) is 4.57. The van der Waals surface area contributed by atoms with E-state index in [1.165, 1.54) is 26.4 Å². The third-order valence-electron chi connectivity index (χ3n) is 2.78. The van der Waals surface area contributed by atoms with Crippen LogP contribution in [-0.2, 0) is 9.47 Å². The summed E-state index contributed by atoms with van der Waals surface area (Å²) in [7, 11) is 1.33. The van der Waals surface area contributed by atoms with Gasteiger partial charge in [0.05, 0.1) is 7.11 Å². The SMILES string of the molecule is CCCCCCOC(C)c1ccc(C(=O)OC)o1. The zero-order chi connectivity index (χ0) is 13.4. The molecule has 102 valence electrons. The fourth-order valence-corrected chi connectivity index (χ4v) is 1.65. The van der Waals surface area contributed by atoms with E-state index in [1.54, 1.807) is 12.1 Å². The Kier molecular flexibility index (Phi) is 6.50. The Bertz CT molecular complexity index is 356. The molecule has 0 saturated carbocycles. The minimum atomic E-state index is -0.462. The highest BCUT2D eigenvalue weighted by Crippen LogP contribution is 2.20. The third kappa shape index (κ3) is 4.53. The van der Waals surface area contributed by atoms with Gasteiger partial charge in [-0.25, -0.2) is 4.79 Å². The van der Waals surface area contributed by atoms with E-state index in [4.69, 9.17) is 9.15 Å². The topological polar surface area (TPSA) is 48.7 Å². The maximum Gasteiger partial charge on any atom is 0.373 e. The van der Waals surface area contributed by atoms with Crippen molar-refractivity contribution in [2.24, 2.45) is 0 Å². The number of unbranched alkanes of at least 4 members (excludes halogenated alkanes) is 3. The van der Waals surface area contributed by atoms with Gasteiger partial charge in [-0.3, -0.25) is 0 Å². The number of rotatable bonds is 8. The van der Waals surface area contributed by atoms with E-state index in [2.05, 4.69) is 11.7 Å². The summed E-state index contributed by atoms with van der Waals surface area (Å²) in [6, 6.07) is 3.36. The fourth-order valence-electron chi connectivity index (χ4n) is 1.65. The Morgan fingerprint density at radius 3 is 2.78 bits per heavy atom. The van der Waals surface area contributed by atoms with E-state index >= 15 is 0 Å². The van der Waals surface area contributed by atoms with Crippen LogP contribution in [-0.4, -0.2) is 19.7 Å². The van der Waals surface area contributed by atoms with Gasteiger partial charge >= 0.3 is 5.97 Å². The number of esters is 1. The quantitative estimate of drug-likeness (QED) is 0.524. The molecule has 4 nitrogen and oxygen atoms in total. The van der Waals surface area contributed by atoms with Crippen molar-refractivity contribution < 1.29 is 18.7 Å². The second-order valence-electron chi connectivity index (χ2n) is 4.27. The van der Waals surface area contributed by atoms with Crippen molar-refractivity contribution in [2.45, 2.75) is 45.6 Å². The van der Waals surface area contributed by atoms with Gasteiger partial charge in [0.1, 0.15) is 11.9 Å². The first kappa shape index (κ1) is 14.8. The van der Waals surface area contributed by atoms with E-state index in [0.29, 0.717) is 5.76 Å². The molecule has 0 radical (unpaired) electrons. The molecule has 0 bridgehead atoms. The lowest BCUT2D eigenvalue weighted by molar-refractivity contribution is 0.0431. The molecule has 0 aliphatic carbocycles. The molecule has 0 N–H and O–H groups in total. The summed E-state index contributed by atoms with van der Waals surface area (Å²) < 4.78 is 15.6. The molecule has 1 heterocycles. The molecule has 1 unspecified atom stereocenters. The lowest BCUT2D eigenvalue weighted by Crippen LogP contribution is -2.01. The third-order valence-corrected chi connectivity index (χ3v) is 2.78. The van der Waals surface area contributed by atoms with Crippen LogP contribution in [0.15, 0.2) is 16.5 Å². The van der Waals surface area contributed by atoms with Crippen LogP contribution in [0.1, 0.15) is 61.9 Å². The minimum Gasteiger partial charge on any atom is -0.463 e. The maximum absolute atomic E-state index is 11.2. The number of hydrogen-bond acceptors (Lipinski definition) is 4. The van der Waals surface area contributed by atoms with Gasteiger partial charge in [-0.15, -0.1) is 0 Å². The molecule has 1 aromatic rings.